The molecule has 0 saturated heterocycles. The number of hydrogen-bond donors (Lipinski definition) is 1. The second kappa shape index (κ2) is 6.61. The van der Waals surface area contributed by atoms with Crippen LogP contribution in [0.5, 0.6) is 0 Å². The molecule has 23 heavy (non-hydrogen) atoms. The van der Waals surface area contributed by atoms with Crippen molar-refractivity contribution >= 4 is 23.6 Å². The number of rotatable bonds is 5. The molecule has 0 aliphatic rings. The third kappa shape index (κ3) is 3.57. The predicted molar refractivity (Wildman–Crippen MR) is 84.5 cm³/mol. The van der Waals surface area contributed by atoms with Gasteiger partial charge in [-0.3, -0.25) is 10.1 Å². The number of tetrazole rings is 1. The fraction of sp³-hybridized carbons (Fsp3) is 0.214. The number of nitrogens with zero attached hydrogens (tertiary/aromatic N) is 5. The van der Waals surface area contributed by atoms with Gasteiger partial charge in [0.2, 0.25) is 16.9 Å². The number of carbonyl (C=O) groups is 1. The zero-order chi connectivity index (χ0) is 16.2. The number of aromatic nitrogens is 5. The first-order chi connectivity index (χ1) is 11.1. The summed E-state index contributed by atoms with van der Waals surface area (Å²) in [5.41, 5.74) is 2.63. The Balaban J connectivity index is 1.66. The number of anilines is 1. The van der Waals surface area contributed by atoms with Crippen LogP contribution in [0.2, 0.25) is 0 Å². The van der Waals surface area contributed by atoms with Gasteiger partial charge in [0.15, 0.2) is 0 Å². The molecule has 0 unspecified atom stereocenters. The third-order valence-corrected chi connectivity index (χ3v) is 3.93. The van der Waals surface area contributed by atoms with E-state index in [1.165, 1.54) is 11.8 Å². The third-order valence-electron chi connectivity index (χ3n) is 3.01. The molecule has 8 nitrogen and oxygen atoms in total. The average Bonchev–Trinajstić information content (AvgIpc) is 3.15. The van der Waals surface area contributed by atoms with Crippen molar-refractivity contribution in [3.8, 4) is 5.69 Å². The maximum atomic E-state index is 11.9. The number of hydrogen-bond acceptors (Lipinski definition) is 7. The summed E-state index contributed by atoms with van der Waals surface area (Å²) in [4.78, 5) is 11.9. The summed E-state index contributed by atoms with van der Waals surface area (Å²) in [6.07, 6.45) is 0. The standard InChI is InChI=1S/C14H14N6O2S/c1-9-5-3-4-6-11(9)20-14(16-18-19-20)23-8-12(21)15-13-7-10(2)17-22-13/h3-7H,8H2,1-2H3,(H,15,21). The molecule has 0 aliphatic carbocycles. The monoisotopic (exact) mass is 330 g/mol. The van der Waals surface area contributed by atoms with Crippen LogP contribution in [0.15, 0.2) is 40.0 Å². The maximum absolute atomic E-state index is 11.9. The number of nitrogens with one attached hydrogen (secondary N) is 1. The summed E-state index contributed by atoms with van der Waals surface area (Å²) in [5, 5.41) is 18.5. The molecule has 1 N–H and O–H groups in total. The minimum atomic E-state index is -0.217. The van der Waals surface area contributed by atoms with Crippen LogP contribution in [0.25, 0.3) is 5.69 Å². The lowest BCUT2D eigenvalue weighted by molar-refractivity contribution is -0.113. The molecule has 1 aromatic carbocycles. The molecule has 0 spiro atoms. The smallest absolute Gasteiger partial charge is 0.237 e. The van der Waals surface area contributed by atoms with E-state index in [0.29, 0.717) is 16.7 Å². The van der Waals surface area contributed by atoms with Gasteiger partial charge in [-0.15, -0.1) is 5.10 Å². The largest absolute Gasteiger partial charge is 0.338 e. The molecule has 118 valence electrons. The SMILES string of the molecule is Cc1cc(NC(=O)CSc2nnnn2-c2ccccc2C)on1. The van der Waals surface area contributed by atoms with Gasteiger partial charge in [0, 0.05) is 6.07 Å². The first kappa shape index (κ1) is 15.2. The zero-order valence-electron chi connectivity index (χ0n) is 12.6. The number of carbonyl (C=O) groups excluding carboxylic acids is 1. The Morgan fingerprint density at radius 2 is 2.17 bits per heavy atom. The minimum absolute atomic E-state index is 0.159. The Kier molecular flexibility index (Phi) is 4.38. The molecule has 2 aromatic heterocycles. The van der Waals surface area contributed by atoms with E-state index in [1.54, 1.807) is 17.7 Å². The van der Waals surface area contributed by atoms with Gasteiger partial charge in [0.25, 0.3) is 0 Å². The molecule has 0 saturated carbocycles. The Hall–Kier alpha value is -2.68. The Morgan fingerprint density at radius 3 is 2.91 bits per heavy atom. The topological polar surface area (TPSA) is 98.7 Å². The summed E-state index contributed by atoms with van der Waals surface area (Å²) in [7, 11) is 0. The normalized spacial score (nSPS) is 10.7. The van der Waals surface area contributed by atoms with Crippen molar-refractivity contribution in [1.29, 1.82) is 0 Å². The molecule has 0 atom stereocenters. The predicted octanol–water partition coefficient (Wildman–Crippen LogP) is 2.00. The van der Waals surface area contributed by atoms with Gasteiger partial charge in [-0.05, 0) is 35.9 Å². The number of benzene rings is 1. The number of para-hydroxylation sites is 1. The number of amides is 1. The summed E-state index contributed by atoms with van der Waals surface area (Å²) in [6.45, 7) is 3.76. The summed E-state index contributed by atoms with van der Waals surface area (Å²) < 4.78 is 6.56. The Bertz CT molecular complexity index is 828. The van der Waals surface area contributed by atoms with Crippen molar-refractivity contribution in [3.63, 3.8) is 0 Å². The molecule has 0 fully saturated rings. The van der Waals surface area contributed by atoms with Gasteiger partial charge >= 0.3 is 0 Å². The van der Waals surface area contributed by atoms with Crippen molar-refractivity contribution in [2.75, 3.05) is 11.1 Å². The van der Waals surface area contributed by atoms with E-state index in [1.807, 2.05) is 31.2 Å². The van der Waals surface area contributed by atoms with Crippen LogP contribution in [0.3, 0.4) is 0 Å². The molecule has 2 heterocycles. The quantitative estimate of drug-likeness (QED) is 0.714. The van der Waals surface area contributed by atoms with Crippen LogP contribution in [-0.2, 0) is 4.79 Å². The highest BCUT2D eigenvalue weighted by atomic mass is 32.2. The molecule has 3 rings (SSSR count). The fourth-order valence-corrected chi connectivity index (χ4v) is 2.63. The van der Waals surface area contributed by atoms with Crippen LogP contribution in [-0.4, -0.2) is 37.0 Å². The van der Waals surface area contributed by atoms with Crippen LogP contribution in [0.1, 0.15) is 11.3 Å². The zero-order valence-corrected chi connectivity index (χ0v) is 13.4. The summed E-state index contributed by atoms with van der Waals surface area (Å²) in [6, 6.07) is 9.41. The van der Waals surface area contributed by atoms with Gasteiger partial charge in [-0.2, -0.15) is 4.68 Å². The van der Waals surface area contributed by atoms with Crippen molar-refractivity contribution < 1.29 is 9.32 Å². The van der Waals surface area contributed by atoms with E-state index in [9.17, 15) is 4.79 Å². The lowest BCUT2D eigenvalue weighted by Gasteiger charge is -2.06. The van der Waals surface area contributed by atoms with Crippen molar-refractivity contribution in [2.45, 2.75) is 19.0 Å². The molecular weight excluding hydrogens is 316 g/mol. The molecule has 0 bridgehead atoms. The highest BCUT2D eigenvalue weighted by molar-refractivity contribution is 7.99. The van der Waals surface area contributed by atoms with Crippen LogP contribution >= 0.6 is 11.8 Å². The highest BCUT2D eigenvalue weighted by Gasteiger charge is 2.13. The van der Waals surface area contributed by atoms with Crippen LogP contribution in [0, 0.1) is 13.8 Å². The van der Waals surface area contributed by atoms with Crippen molar-refractivity contribution in [3.05, 3.63) is 41.6 Å². The Labute approximate surface area is 136 Å². The summed E-state index contributed by atoms with van der Waals surface area (Å²) in [5.74, 6) is 0.267. The van der Waals surface area contributed by atoms with Gasteiger partial charge in [-0.25, -0.2) is 0 Å². The molecule has 0 aliphatic heterocycles. The number of aryl methyl sites for hydroxylation is 2. The second-order valence-corrected chi connectivity index (χ2v) is 5.77. The van der Waals surface area contributed by atoms with E-state index in [0.717, 1.165) is 11.3 Å². The average molecular weight is 330 g/mol. The molecule has 3 aromatic rings. The lowest BCUT2D eigenvalue weighted by Crippen LogP contribution is -2.14. The second-order valence-electron chi connectivity index (χ2n) is 4.83. The van der Waals surface area contributed by atoms with E-state index in [4.69, 9.17) is 4.52 Å². The van der Waals surface area contributed by atoms with E-state index in [-0.39, 0.29) is 11.7 Å². The highest BCUT2D eigenvalue weighted by Crippen LogP contribution is 2.20. The van der Waals surface area contributed by atoms with E-state index in [2.05, 4.69) is 26.0 Å². The van der Waals surface area contributed by atoms with Gasteiger partial charge in [0.05, 0.1) is 17.1 Å². The van der Waals surface area contributed by atoms with Gasteiger partial charge in [-0.1, -0.05) is 35.1 Å². The van der Waals surface area contributed by atoms with E-state index >= 15 is 0 Å². The van der Waals surface area contributed by atoms with Crippen LogP contribution in [0.4, 0.5) is 5.88 Å². The van der Waals surface area contributed by atoms with Crippen molar-refractivity contribution in [1.82, 2.24) is 25.4 Å². The van der Waals surface area contributed by atoms with Crippen LogP contribution < -0.4 is 5.32 Å². The molecule has 9 heteroatoms. The molecule has 0 radical (unpaired) electrons. The minimum Gasteiger partial charge on any atom is -0.338 e. The first-order valence-corrected chi connectivity index (χ1v) is 7.82. The van der Waals surface area contributed by atoms with E-state index < -0.39 is 0 Å². The van der Waals surface area contributed by atoms with Crippen molar-refractivity contribution in [2.24, 2.45) is 0 Å². The Morgan fingerprint density at radius 1 is 1.35 bits per heavy atom. The van der Waals surface area contributed by atoms with Gasteiger partial charge < -0.3 is 4.52 Å². The maximum Gasteiger partial charge on any atom is 0.237 e. The molecule has 1 amide bonds. The van der Waals surface area contributed by atoms with Gasteiger partial charge in [0.1, 0.15) is 0 Å². The first-order valence-electron chi connectivity index (χ1n) is 6.84. The number of thioether (sulfide) groups is 1. The summed E-state index contributed by atoms with van der Waals surface area (Å²) >= 11 is 1.24. The fourth-order valence-electron chi connectivity index (χ4n) is 1.95. The lowest BCUT2D eigenvalue weighted by atomic mass is 10.2. The molecular formula is C14H14N6O2S.